The second-order valence-electron chi connectivity index (χ2n) is 6.02. The van der Waals surface area contributed by atoms with Crippen LogP contribution in [0.15, 0.2) is 24.3 Å². The van der Waals surface area contributed by atoms with Crippen molar-refractivity contribution in [1.82, 2.24) is 4.90 Å². The van der Waals surface area contributed by atoms with Crippen LogP contribution >= 0.6 is 0 Å². The summed E-state index contributed by atoms with van der Waals surface area (Å²) in [6.07, 6.45) is 2.47. The van der Waals surface area contributed by atoms with Crippen molar-refractivity contribution in [3.05, 3.63) is 35.4 Å². The molecule has 1 saturated heterocycles. The molecule has 0 saturated carbocycles. The van der Waals surface area contributed by atoms with Gasteiger partial charge in [0.2, 0.25) is 5.91 Å². The standard InChI is InChI=1S/C17H23NO3/c1-12-5-7-14(8-6-12)10-13(2)17(21)18-9-3-4-15(18)11-16(19)20/h5-8,13,15H,3-4,9-11H2,1-2H3,(H,19,20). The second kappa shape index (κ2) is 6.74. The third-order valence-electron chi connectivity index (χ3n) is 4.15. The van der Waals surface area contributed by atoms with E-state index in [1.54, 1.807) is 4.90 Å². The number of benzene rings is 1. The van der Waals surface area contributed by atoms with E-state index in [4.69, 9.17) is 5.11 Å². The average molecular weight is 289 g/mol. The van der Waals surface area contributed by atoms with E-state index in [9.17, 15) is 9.59 Å². The van der Waals surface area contributed by atoms with Crippen molar-refractivity contribution < 1.29 is 14.7 Å². The first-order valence-electron chi connectivity index (χ1n) is 7.55. The molecule has 2 rings (SSSR count). The van der Waals surface area contributed by atoms with E-state index < -0.39 is 5.97 Å². The van der Waals surface area contributed by atoms with E-state index in [-0.39, 0.29) is 24.3 Å². The normalized spacial score (nSPS) is 19.5. The molecule has 2 unspecified atom stereocenters. The van der Waals surface area contributed by atoms with Crippen molar-refractivity contribution in [3.8, 4) is 0 Å². The SMILES string of the molecule is Cc1ccc(CC(C)C(=O)N2CCCC2CC(=O)O)cc1. The molecule has 1 amide bonds. The summed E-state index contributed by atoms with van der Waals surface area (Å²) in [7, 11) is 0. The van der Waals surface area contributed by atoms with E-state index in [1.807, 2.05) is 13.8 Å². The van der Waals surface area contributed by atoms with Gasteiger partial charge in [-0.15, -0.1) is 0 Å². The van der Waals surface area contributed by atoms with Crippen LogP contribution in [0.4, 0.5) is 0 Å². The molecule has 1 aromatic rings. The summed E-state index contributed by atoms with van der Waals surface area (Å²) in [5, 5.41) is 8.94. The lowest BCUT2D eigenvalue weighted by Gasteiger charge is -2.26. The minimum absolute atomic E-state index is 0.0585. The number of carboxylic acid groups (broad SMARTS) is 1. The zero-order valence-electron chi connectivity index (χ0n) is 12.7. The monoisotopic (exact) mass is 289 g/mol. The van der Waals surface area contributed by atoms with Gasteiger partial charge in [0.25, 0.3) is 0 Å². The number of hydrogen-bond acceptors (Lipinski definition) is 2. The van der Waals surface area contributed by atoms with Crippen LogP contribution in [-0.2, 0) is 16.0 Å². The highest BCUT2D eigenvalue weighted by Crippen LogP contribution is 2.23. The van der Waals surface area contributed by atoms with Gasteiger partial charge in [-0.05, 0) is 31.7 Å². The van der Waals surface area contributed by atoms with Crippen LogP contribution in [0, 0.1) is 12.8 Å². The van der Waals surface area contributed by atoms with Crippen molar-refractivity contribution in [2.45, 2.75) is 45.6 Å². The van der Waals surface area contributed by atoms with Gasteiger partial charge in [0.1, 0.15) is 0 Å². The molecule has 4 heteroatoms. The summed E-state index contributed by atoms with van der Waals surface area (Å²) in [5.74, 6) is -0.854. The van der Waals surface area contributed by atoms with Crippen molar-refractivity contribution in [2.75, 3.05) is 6.54 Å². The number of carbonyl (C=O) groups excluding carboxylic acids is 1. The predicted octanol–water partition coefficient (Wildman–Crippen LogP) is 2.64. The molecule has 1 N–H and O–H groups in total. The number of carboxylic acids is 1. The van der Waals surface area contributed by atoms with Crippen molar-refractivity contribution in [3.63, 3.8) is 0 Å². The first-order valence-corrected chi connectivity index (χ1v) is 7.55. The lowest BCUT2D eigenvalue weighted by atomic mass is 9.98. The van der Waals surface area contributed by atoms with Crippen LogP contribution in [0.1, 0.15) is 37.3 Å². The minimum Gasteiger partial charge on any atom is -0.481 e. The first kappa shape index (κ1) is 15.5. The van der Waals surface area contributed by atoms with Gasteiger partial charge in [0.15, 0.2) is 0 Å². The molecule has 1 fully saturated rings. The molecule has 0 radical (unpaired) electrons. The Morgan fingerprint density at radius 1 is 1.33 bits per heavy atom. The second-order valence-corrected chi connectivity index (χ2v) is 6.02. The molecule has 1 aliphatic rings. The molecule has 0 bridgehead atoms. The van der Waals surface area contributed by atoms with Crippen LogP contribution in [0.2, 0.25) is 0 Å². The van der Waals surface area contributed by atoms with E-state index in [0.29, 0.717) is 13.0 Å². The van der Waals surface area contributed by atoms with Gasteiger partial charge in [-0.3, -0.25) is 9.59 Å². The molecule has 1 heterocycles. The Labute approximate surface area is 125 Å². The number of rotatable bonds is 5. The van der Waals surface area contributed by atoms with Crippen LogP contribution < -0.4 is 0 Å². The third-order valence-corrected chi connectivity index (χ3v) is 4.15. The minimum atomic E-state index is -0.828. The molecular formula is C17H23NO3. The third kappa shape index (κ3) is 4.06. The first-order chi connectivity index (χ1) is 9.97. The lowest BCUT2D eigenvalue weighted by Crippen LogP contribution is -2.40. The van der Waals surface area contributed by atoms with Crippen molar-refractivity contribution in [2.24, 2.45) is 5.92 Å². The number of hydrogen-bond donors (Lipinski definition) is 1. The summed E-state index contributed by atoms with van der Waals surface area (Å²) in [6.45, 7) is 4.66. The van der Waals surface area contributed by atoms with Gasteiger partial charge in [-0.2, -0.15) is 0 Å². The number of nitrogens with zero attached hydrogens (tertiary/aromatic N) is 1. The molecule has 0 aliphatic carbocycles. The Hall–Kier alpha value is -1.84. The van der Waals surface area contributed by atoms with Crippen molar-refractivity contribution in [1.29, 1.82) is 0 Å². The topological polar surface area (TPSA) is 57.6 Å². The molecule has 114 valence electrons. The van der Waals surface area contributed by atoms with E-state index >= 15 is 0 Å². The van der Waals surface area contributed by atoms with Crippen LogP contribution in [0.5, 0.6) is 0 Å². The zero-order valence-corrected chi connectivity index (χ0v) is 12.7. The Morgan fingerprint density at radius 3 is 2.62 bits per heavy atom. The fourth-order valence-electron chi connectivity index (χ4n) is 2.99. The van der Waals surface area contributed by atoms with Crippen LogP contribution in [0.3, 0.4) is 0 Å². The maximum atomic E-state index is 12.5. The molecule has 1 aliphatic heterocycles. The van der Waals surface area contributed by atoms with Gasteiger partial charge >= 0.3 is 5.97 Å². The zero-order chi connectivity index (χ0) is 15.4. The summed E-state index contributed by atoms with van der Waals surface area (Å²) < 4.78 is 0. The highest BCUT2D eigenvalue weighted by molar-refractivity contribution is 5.80. The van der Waals surface area contributed by atoms with Gasteiger partial charge < -0.3 is 10.0 Å². The highest BCUT2D eigenvalue weighted by Gasteiger charge is 2.32. The smallest absolute Gasteiger partial charge is 0.305 e. The largest absolute Gasteiger partial charge is 0.481 e. The molecule has 21 heavy (non-hydrogen) atoms. The predicted molar refractivity (Wildman–Crippen MR) is 81.0 cm³/mol. The average Bonchev–Trinajstić information content (AvgIpc) is 2.87. The quantitative estimate of drug-likeness (QED) is 0.906. The fourth-order valence-corrected chi connectivity index (χ4v) is 2.99. The van der Waals surface area contributed by atoms with E-state index in [0.717, 1.165) is 18.4 Å². The Morgan fingerprint density at radius 2 is 2.00 bits per heavy atom. The fraction of sp³-hybridized carbons (Fsp3) is 0.529. The maximum Gasteiger partial charge on any atom is 0.305 e. The summed E-state index contributed by atoms with van der Waals surface area (Å²) in [6, 6.07) is 8.08. The van der Waals surface area contributed by atoms with Crippen LogP contribution in [0.25, 0.3) is 0 Å². The maximum absolute atomic E-state index is 12.5. The number of amides is 1. The van der Waals surface area contributed by atoms with Gasteiger partial charge in [0, 0.05) is 18.5 Å². The van der Waals surface area contributed by atoms with Crippen LogP contribution in [-0.4, -0.2) is 34.5 Å². The molecule has 0 spiro atoms. The number of aliphatic carboxylic acids is 1. The molecule has 0 aromatic heterocycles. The Balaban J connectivity index is 1.98. The number of aryl methyl sites for hydroxylation is 1. The van der Waals surface area contributed by atoms with Crippen molar-refractivity contribution >= 4 is 11.9 Å². The number of likely N-dealkylation sites (tertiary alicyclic amines) is 1. The lowest BCUT2D eigenvalue weighted by molar-refractivity contribution is -0.141. The van der Waals surface area contributed by atoms with Gasteiger partial charge in [-0.1, -0.05) is 36.8 Å². The molecular weight excluding hydrogens is 266 g/mol. The molecule has 4 nitrogen and oxygen atoms in total. The summed E-state index contributed by atoms with van der Waals surface area (Å²) >= 11 is 0. The Kier molecular flexibility index (Phi) is 4.99. The van der Waals surface area contributed by atoms with E-state index in [2.05, 4.69) is 24.3 Å². The summed E-state index contributed by atoms with van der Waals surface area (Å²) in [5.41, 5.74) is 2.36. The summed E-state index contributed by atoms with van der Waals surface area (Å²) in [4.78, 5) is 25.2. The van der Waals surface area contributed by atoms with Gasteiger partial charge in [0.05, 0.1) is 6.42 Å². The highest BCUT2D eigenvalue weighted by atomic mass is 16.4. The van der Waals surface area contributed by atoms with E-state index in [1.165, 1.54) is 5.56 Å². The molecule has 2 atom stereocenters. The van der Waals surface area contributed by atoms with Gasteiger partial charge in [-0.25, -0.2) is 0 Å². The molecule has 1 aromatic carbocycles. The number of carbonyl (C=O) groups is 2. The Bertz CT molecular complexity index is 509.